The lowest BCUT2D eigenvalue weighted by Gasteiger charge is -2.05. The molecule has 0 aliphatic carbocycles. The van der Waals surface area contributed by atoms with Crippen molar-refractivity contribution in [3.05, 3.63) is 36.2 Å². The van der Waals surface area contributed by atoms with Gasteiger partial charge in [-0.2, -0.15) is 4.68 Å². The molecule has 6 nitrogen and oxygen atoms in total. The molecule has 1 aromatic heterocycles. The number of aromatic nitrogens is 4. The van der Waals surface area contributed by atoms with E-state index in [0.29, 0.717) is 11.3 Å². The quantitative estimate of drug-likeness (QED) is 0.510. The summed E-state index contributed by atoms with van der Waals surface area (Å²) in [5.74, 6) is -0.00361. The average molecular weight is 188 g/mol. The van der Waals surface area contributed by atoms with Gasteiger partial charge in [0.05, 0.1) is 5.69 Å². The highest BCUT2D eigenvalue weighted by molar-refractivity contribution is 5.98. The summed E-state index contributed by atoms with van der Waals surface area (Å²) in [7, 11) is 0. The Labute approximate surface area is 79.9 Å². The van der Waals surface area contributed by atoms with Gasteiger partial charge in [0.15, 0.2) is 0 Å². The van der Waals surface area contributed by atoms with Crippen LogP contribution >= 0.6 is 0 Å². The van der Waals surface area contributed by atoms with Crippen molar-refractivity contribution in [3.63, 3.8) is 0 Å². The number of para-hydroxylation sites is 1. The molecule has 0 saturated carbocycles. The number of nitrogen functional groups attached to an aromatic ring is 1. The molecule has 0 bridgehead atoms. The molecule has 6 heteroatoms. The van der Waals surface area contributed by atoms with E-state index in [1.807, 2.05) is 12.1 Å². The van der Waals surface area contributed by atoms with Crippen LogP contribution in [0.15, 0.2) is 30.6 Å². The minimum absolute atomic E-state index is 0.00361. The highest BCUT2D eigenvalue weighted by Crippen LogP contribution is 2.11. The highest BCUT2D eigenvalue weighted by Gasteiger charge is 2.06. The number of tetrazole rings is 1. The van der Waals surface area contributed by atoms with Crippen LogP contribution < -0.4 is 5.73 Å². The SMILES string of the molecule is N=C(N)c1ccccc1-n1cnnn1. The molecule has 1 aromatic carbocycles. The summed E-state index contributed by atoms with van der Waals surface area (Å²) in [6.07, 6.45) is 1.46. The van der Waals surface area contributed by atoms with Crippen LogP contribution in [0.1, 0.15) is 5.56 Å². The summed E-state index contributed by atoms with van der Waals surface area (Å²) >= 11 is 0. The van der Waals surface area contributed by atoms with E-state index in [1.54, 1.807) is 12.1 Å². The lowest BCUT2D eigenvalue weighted by molar-refractivity contribution is 0.788. The average Bonchev–Trinajstić information content (AvgIpc) is 2.70. The number of nitrogens with two attached hydrogens (primary N) is 1. The molecule has 0 aliphatic heterocycles. The standard InChI is InChI=1S/C8H8N6/c9-8(10)6-3-1-2-4-7(6)14-5-11-12-13-14/h1-5H,(H3,9,10). The number of nitrogens with one attached hydrogen (secondary N) is 1. The Bertz CT molecular complexity index is 447. The molecule has 0 amide bonds. The van der Waals surface area contributed by atoms with Crippen molar-refractivity contribution in [1.82, 2.24) is 20.2 Å². The Hall–Kier alpha value is -2.24. The van der Waals surface area contributed by atoms with Gasteiger partial charge in [-0.1, -0.05) is 12.1 Å². The maximum absolute atomic E-state index is 7.37. The summed E-state index contributed by atoms with van der Waals surface area (Å²) in [5, 5.41) is 18.1. The van der Waals surface area contributed by atoms with Gasteiger partial charge in [0, 0.05) is 5.56 Å². The fourth-order valence-corrected chi connectivity index (χ4v) is 1.17. The molecule has 0 aliphatic rings. The molecule has 0 atom stereocenters. The Kier molecular flexibility index (Phi) is 1.94. The molecule has 0 saturated heterocycles. The molecule has 14 heavy (non-hydrogen) atoms. The van der Waals surface area contributed by atoms with Gasteiger partial charge in [-0.05, 0) is 22.6 Å². The lowest BCUT2D eigenvalue weighted by Crippen LogP contribution is -2.14. The van der Waals surface area contributed by atoms with Crippen LogP contribution in [-0.4, -0.2) is 26.0 Å². The van der Waals surface area contributed by atoms with Crippen LogP contribution in [0.2, 0.25) is 0 Å². The number of amidine groups is 1. The van der Waals surface area contributed by atoms with Crippen molar-refractivity contribution in [3.8, 4) is 5.69 Å². The number of hydrogen-bond donors (Lipinski definition) is 2. The van der Waals surface area contributed by atoms with Crippen LogP contribution in [0.25, 0.3) is 5.69 Å². The number of rotatable bonds is 2. The van der Waals surface area contributed by atoms with Crippen LogP contribution in [-0.2, 0) is 0 Å². The number of benzene rings is 1. The highest BCUT2D eigenvalue weighted by atomic mass is 15.5. The van der Waals surface area contributed by atoms with Crippen molar-refractivity contribution >= 4 is 5.84 Å². The van der Waals surface area contributed by atoms with Gasteiger partial charge < -0.3 is 5.73 Å². The van der Waals surface area contributed by atoms with Crippen molar-refractivity contribution in [2.75, 3.05) is 0 Å². The molecule has 0 unspecified atom stereocenters. The van der Waals surface area contributed by atoms with E-state index in [2.05, 4.69) is 15.5 Å². The second-order valence-electron chi connectivity index (χ2n) is 2.69. The van der Waals surface area contributed by atoms with E-state index < -0.39 is 0 Å². The van der Waals surface area contributed by atoms with Crippen LogP contribution in [0.5, 0.6) is 0 Å². The predicted molar refractivity (Wildman–Crippen MR) is 50.2 cm³/mol. The van der Waals surface area contributed by atoms with E-state index in [0.717, 1.165) is 0 Å². The first kappa shape index (κ1) is 8.36. The number of hydrogen-bond acceptors (Lipinski definition) is 4. The van der Waals surface area contributed by atoms with Crippen molar-refractivity contribution < 1.29 is 0 Å². The van der Waals surface area contributed by atoms with Gasteiger partial charge in [0.1, 0.15) is 12.2 Å². The first-order chi connectivity index (χ1) is 6.79. The molecule has 2 rings (SSSR count). The van der Waals surface area contributed by atoms with E-state index in [1.165, 1.54) is 11.0 Å². The van der Waals surface area contributed by atoms with E-state index in [-0.39, 0.29) is 5.84 Å². The maximum atomic E-state index is 7.37. The summed E-state index contributed by atoms with van der Waals surface area (Å²) < 4.78 is 1.47. The molecule has 3 N–H and O–H groups in total. The lowest BCUT2D eigenvalue weighted by atomic mass is 10.1. The topological polar surface area (TPSA) is 93.5 Å². The summed E-state index contributed by atoms with van der Waals surface area (Å²) in [4.78, 5) is 0. The van der Waals surface area contributed by atoms with Crippen LogP contribution in [0.4, 0.5) is 0 Å². The fourth-order valence-electron chi connectivity index (χ4n) is 1.17. The first-order valence-corrected chi connectivity index (χ1v) is 3.96. The largest absolute Gasteiger partial charge is 0.384 e. The van der Waals surface area contributed by atoms with E-state index >= 15 is 0 Å². The third-order valence-corrected chi connectivity index (χ3v) is 1.79. The van der Waals surface area contributed by atoms with Crippen molar-refractivity contribution in [2.24, 2.45) is 5.73 Å². The molecule has 1 heterocycles. The summed E-state index contributed by atoms with van der Waals surface area (Å²) in [6.45, 7) is 0. The predicted octanol–water partition coefficient (Wildman–Crippen LogP) is -0.0536. The summed E-state index contributed by atoms with van der Waals surface area (Å²) in [6, 6.07) is 7.19. The second-order valence-corrected chi connectivity index (χ2v) is 2.69. The Balaban J connectivity index is 2.58. The van der Waals surface area contributed by atoms with Gasteiger partial charge in [0.25, 0.3) is 0 Å². The van der Waals surface area contributed by atoms with Gasteiger partial charge >= 0.3 is 0 Å². The zero-order valence-corrected chi connectivity index (χ0v) is 7.25. The summed E-state index contributed by atoms with van der Waals surface area (Å²) in [5.41, 5.74) is 6.73. The first-order valence-electron chi connectivity index (χ1n) is 3.96. The van der Waals surface area contributed by atoms with Crippen LogP contribution in [0.3, 0.4) is 0 Å². The minimum Gasteiger partial charge on any atom is -0.384 e. The fraction of sp³-hybridized carbons (Fsp3) is 0. The molecule has 70 valence electrons. The molecule has 0 spiro atoms. The molecule has 2 aromatic rings. The second kappa shape index (κ2) is 3.25. The Morgan fingerprint density at radius 1 is 1.36 bits per heavy atom. The Morgan fingerprint density at radius 3 is 2.79 bits per heavy atom. The minimum atomic E-state index is -0.00361. The Morgan fingerprint density at radius 2 is 2.14 bits per heavy atom. The smallest absolute Gasteiger partial charge is 0.143 e. The van der Waals surface area contributed by atoms with E-state index in [4.69, 9.17) is 11.1 Å². The van der Waals surface area contributed by atoms with Gasteiger partial charge in [0.2, 0.25) is 0 Å². The van der Waals surface area contributed by atoms with Crippen molar-refractivity contribution in [2.45, 2.75) is 0 Å². The zero-order chi connectivity index (χ0) is 9.97. The van der Waals surface area contributed by atoms with Crippen molar-refractivity contribution in [1.29, 1.82) is 5.41 Å². The molecular formula is C8H8N6. The number of nitrogens with zero attached hydrogens (tertiary/aromatic N) is 4. The molecular weight excluding hydrogens is 180 g/mol. The third-order valence-electron chi connectivity index (χ3n) is 1.79. The normalized spacial score (nSPS) is 10.0. The maximum Gasteiger partial charge on any atom is 0.143 e. The molecule has 0 fully saturated rings. The monoisotopic (exact) mass is 188 g/mol. The molecule has 0 radical (unpaired) electrons. The van der Waals surface area contributed by atoms with Gasteiger partial charge in [-0.15, -0.1) is 5.10 Å². The van der Waals surface area contributed by atoms with Crippen LogP contribution in [0, 0.1) is 5.41 Å². The zero-order valence-electron chi connectivity index (χ0n) is 7.25. The van der Waals surface area contributed by atoms with Gasteiger partial charge in [-0.3, -0.25) is 5.41 Å². The third kappa shape index (κ3) is 1.33. The van der Waals surface area contributed by atoms with Gasteiger partial charge in [-0.25, -0.2) is 0 Å². The van der Waals surface area contributed by atoms with E-state index in [9.17, 15) is 0 Å².